The Labute approximate surface area is 82.1 Å². The maximum absolute atomic E-state index is 5.60. The Bertz CT molecular complexity index is 361. The number of nitrogen functional groups attached to an aromatic ring is 1. The molecule has 0 aliphatic carbocycles. The number of nitrogens with two attached hydrogens (primary N) is 1. The number of hydrogen-bond donors (Lipinski definition) is 1. The lowest BCUT2D eigenvalue weighted by molar-refractivity contribution is 1.34. The Morgan fingerprint density at radius 1 is 1.54 bits per heavy atom. The van der Waals surface area contributed by atoms with Gasteiger partial charge in [-0.25, -0.2) is 4.98 Å². The van der Waals surface area contributed by atoms with Gasteiger partial charge in [0, 0.05) is 0 Å². The molecule has 2 N–H and O–H groups in total. The molecule has 0 bridgehead atoms. The molecule has 0 atom stereocenters. The summed E-state index contributed by atoms with van der Waals surface area (Å²) >= 11 is 1.44. The molecule has 0 aliphatic rings. The van der Waals surface area contributed by atoms with Crippen LogP contribution < -0.4 is 5.73 Å². The van der Waals surface area contributed by atoms with Crippen LogP contribution >= 0.6 is 11.3 Å². The molecule has 0 saturated carbocycles. The number of anilines is 1. The Balaban J connectivity index is 3.19. The van der Waals surface area contributed by atoms with E-state index < -0.39 is 0 Å². The topological polar surface area (TPSA) is 38.9 Å². The Kier molecular flexibility index (Phi) is 3.03. The summed E-state index contributed by atoms with van der Waals surface area (Å²) in [5.74, 6) is 0. The van der Waals surface area contributed by atoms with Crippen molar-refractivity contribution in [1.29, 1.82) is 0 Å². The summed E-state index contributed by atoms with van der Waals surface area (Å²) in [6.45, 7) is 9.32. The standard InChI is InChI=1S/C10H12N2S/c1-4-6-7(3)9-8(5-2)13-10(11)12-9/h4-6H,1-2H2,3H3,(H2,11,12)/b7-6-. The molecule has 0 spiro atoms. The molecular formula is C10H12N2S. The summed E-state index contributed by atoms with van der Waals surface area (Å²) in [6.07, 6.45) is 5.41. The fraction of sp³-hybridized carbons (Fsp3) is 0.100. The molecule has 3 heteroatoms. The zero-order valence-electron chi connectivity index (χ0n) is 7.58. The lowest BCUT2D eigenvalue weighted by atomic mass is 10.2. The van der Waals surface area contributed by atoms with Crippen molar-refractivity contribution in [2.45, 2.75) is 6.92 Å². The van der Waals surface area contributed by atoms with E-state index in [0.29, 0.717) is 5.13 Å². The molecule has 0 unspecified atom stereocenters. The number of allylic oxidation sites excluding steroid dienone is 3. The van der Waals surface area contributed by atoms with Crippen LogP contribution in [-0.4, -0.2) is 4.98 Å². The molecule has 0 fully saturated rings. The van der Waals surface area contributed by atoms with Crippen molar-refractivity contribution in [2.75, 3.05) is 5.73 Å². The van der Waals surface area contributed by atoms with Crippen LogP contribution in [0.15, 0.2) is 25.3 Å². The van der Waals surface area contributed by atoms with Crippen molar-refractivity contribution in [3.63, 3.8) is 0 Å². The second kappa shape index (κ2) is 4.05. The minimum atomic E-state index is 0.571. The van der Waals surface area contributed by atoms with E-state index in [4.69, 9.17) is 5.73 Å². The maximum atomic E-state index is 5.60. The van der Waals surface area contributed by atoms with Gasteiger partial charge in [-0.1, -0.05) is 36.6 Å². The second-order valence-electron chi connectivity index (χ2n) is 2.55. The minimum Gasteiger partial charge on any atom is -0.375 e. The molecule has 0 radical (unpaired) electrons. The molecule has 1 heterocycles. The molecule has 1 aromatic heterocycles. The number of rotatable bonds is 3. The van der Waals surface area contributed by atoms with Crippen LogP contribution in [-0.2, 0) is 0 Å². The molecule has 0 amide bonds. The zero-order chi connectivity index (χ0) is 9.84. The Morgan fingerprint density at radius 3 is 2.77 bits per heavy atom. The third-order valence-corrected chi connectivity index (χ3v) is 2.48. The van der Waals surface area contributed by atoms with E-state index >= 15 is 0 Å². The van der Waals surface area contributed by atoms with Crippen LogP contribution in [0.5, 0.6) is 0 Å². The van der Waals surface area contributed by atoms with Crippen molar-refractivity contribution in [1.82, 2.24) is 4.98 Å². The third kappa shape index (κ3) is 2.06. The summed E-state index contributed by atoms with van der Waals surface area (Å²) in [5.41, 5.74) is 7.55. The Morgan fingerprint density at radius 2 is 2.23 bits per heavy atom. The van der Waals surface area contributed by atoms with Gasteiger partial charge >= 0.3 is 0 Å². The molecule has 68 valence electrons. The van der Waals surface area contributed by atoms with Gasteiger partial charge in [0.2, 0.25) is 0 Å². The van der Waals surface area contributed by atoms with E-state index in [0.717, 1.165) is 16.1 Å². The first-order valence-electron chi connectivity index (χ1n) is 3.87. The van der Waals surface area contributed by atoms with Gasteiger partial charge in [-0.2, -0.15) is 0 Å². The molecule has 13 heavy (non-hydrogen) atoms. The summed E-state index contributed by atoms with van der Waals surface area (Å²) in [7, 11) is 0. The van der Waals surface area contributed by atoms with Crippen molar-refractivity contribution < 1.29 is 0 Å². The predicted octanol–water partition coefficient (Wildman–Crippen LogP) is 2.96. The maximum Gasteiger partial charge on any atom is 0.181 e. The third-order valence-electron chi connectivity index (χ3n) is 1.60. The van der Waals surface area contributed by atoms with E-state index in [1.807, 2.05) is 13.0 Å². The minimum absolute atomic E-state index is 0.571. The van der Waals surface area contributed by atoms with Gasteiger partial charge in [0.1, 0.15) is 0 Å². The fourth-order valence-corrected chi connectivity index (χ4v) is 1.77. The lowest BCUT2D eigenvalue weighted by Gasteiger charge is -1.95. The SMILES string of the molecule is C=C/C=C(/C)c1nc(N)sc1C=C. The van der Waals surface area contributed by atoms with Crippen LogP contribution in [0.3, 0.4) is 0 Å². The van der Waals surface area contributed by atoms with E-state index in [9.17, 15) is 0 Å². The number of hydrogen-bond acceptors (Lipinski definition) is 3. The number of thiazole rings is 1. The van der Waals surface area contributed by atoms with Crippen LogP contribution in [0.4, 0.5) is 5.13 Å². The molecular weight excluding hydrogens is 180 g/mol. The Hall–Kier alpha value is -1.35. The normalized spacial score (nSPS) is 11.3. The van der Waals surface area contributed by atoms with Crippen LogP contribution in [0.2, 0.25) is 0 Å². The fourth-order valence-electron chi connectivity index (χ4n) is 1.03. The number of aromatic nitrogens is 1. The highest BCUT2D eigenvalue weighted by Crippen LogP contribution is 2.26. The van der Waals surface area contributed by atoms with E-state index in [-0.39, 0.29) is 0 Å². The van der Waals surface area contributed by atoms with E-state index in [1.165, 1.54) is 11.3 Å². The van der Waals surface area contributed by atoms with Crippen LogP contribution in [0, 0.1) is 0 Å². The summed E-state index contributed by atoms with van der Waals surface area (Å²) in [6, 6.07) is 0. The largest absolute Gasteiger partial charge is 0.375 e. The van der Waals surface area contributed by atoms with Crippen molar-refractivity contribution >= 4 is 28.1 Å². The molecule has 1 aromatic rings. The monoisotopic (exact) mass is 192 g/mol. The quantitative estimate of drug-likeness (QED) is 0.748. The molecule has 0 saturated heterocycles. The summed E-state index contributed by atoms with van der Waals surface area (Å²) < 4.78 is 0. The smallest absolute Gasteiger partial charge is 0.181 e. The number of nitrogens with zero attached hydrogens (tertiary/aromatic N) is 1. The first kappa shape index (κ1) is 9.74. The van der Waals surface area contributed by atoms with Crippen molar-refractivity contribution in [2.24, 2.45) is 0 Å². The highest BCUT2D eigenvalue weighted by molar-refractivity contribution is 7.16. The zero-order valence-corrected chi connectivity index (χ0v) is 8.40. The van der Waals surface area contributed by atoms with Crippen molar-refractivity contribution in [3.8, 4) is 0 Å². The average Bonchev–Trinajstić information content (AvgIpc) is 2.47. The van der Waals surface area contributed by atoms with Gasteiger partial charge in [0.05, 0.1) is 10.6 Å². The molecule has 2 nitrogen and oxygen atoms in total. The second-order valence-corrected chi connectivity index (χ2v) is 3.62. The first-order valence-corrected chi connectivity index (χ1v) is 4.69. The van der Waals surface area contributed by atoms with Gasteiger partial charge in [-0.05, 0) is 18.6 Å². The van der Waals surface area contributed by atoms with Gasteiger partial charge < -0.3 is 5.73 Å². The average molecular weight is 192 g/mol. The first-order chi connectivity index (χ1) is 6.19. The van der Waals surface area contributed by atoms with Crippen LogP contribution in [0.1, 0.15) is 17.5 Å². The summed E-state index contributed by atoms with van der Waals surface area (Å²) in [5, 5.41) is 0.571. The van der Waals surface area contributed by atoms with Gasteiger partial charge in [-0.15, -0.1) is 0 Å². The van der Waals surface area contributed by atoms with Crippen molar-refractivity contribution in [3.05, 3.63) is 35.9 Å². The summed E-state index contributed by atoms with van der Waals surface area (Å²) in [4.78, 5) is 5.22. The molecule has 0 aliphatic heterocycles. The van der Waals surface area contributed by atoms with E-state index in [2.05, 4.69) is 18.1 Å². The lowest BCUT2D eigenvalue weighted by Crippen LogP contribution is -1.85. The van der Waals surface area contributed by atoms with Gasteiger partial charge in [0.15, 0.2) is 5.13 Å². The highest BCUT2D eigenvalue weighted by Gasteiger charge is 2.07. The van der Waals surface area contributed by atoms with Gasteiger partial charge in [0.25, 0.3) is 0 Å². The highest BCUT2D eigenvalue weighted by atomic mass is 32.1. The predicted molar refractivity (Wildman–Crippen MR) is 60.5 cm³/mol. The van der Waals surface area contributed by atoms with Gasteiger partial charge in [-0.3, -0.25) is 0 Å². The van der Waals surface area contributed by atoms with E-state index in [1.54, 1.807) is 12.2 Å². The molecule has 0 aromatic carbocycles. The van der Waals surface area contributed by atoms with Crippen LogP contribution in [0.25, 0.3) is 11.6 Å². The molecule has 1 rings (SSSR count).